The number of likely N-dealkylation sites (tertiary alicyclic amines) is 1. The van der Waals surface area contributed by atoms with Crippen LogP contribution in [0.3, 0.4) is 0 Å². The highest BCUT2D eigenvalue weighted by molar-refractivity contribution is 6.02. The van der Waals surface area contributed by atoms with E-state index in [9.17, 15) is 9.59 Å². The van der Waals surface area contributed by atoms with Crippen molar-refractivity contribution in [3.63, 3.8) is 0 Å². The molecule has 5 nitrogen and oxygen atoms in total. The molecule has 2 rings (SSSR count). The number of amides is 3. The third-order valence-corrected chi connectivity index (χ3v) is 2.93. The molecule has 3 amide bonds. The number of carbonyl (C=O) groups excluding carboxylic acids is 2. The maximum Gasteiger partial charge on any atom is 0.324 e. The van der Waals surface area contributed by atoms with E-state index in [4.69, 9.17) is 0 Å². The van der Waals surface area contributed by atoms with E-state index in [2.05, 4.69) is 17.3 Å². The molecule has 14 heavy (non-hydrogen) atoms. The summed E-state index contributed by atoms with van der Waals surface area (Å²) in [6, 6.07) is -0.106. The van der Waals surface area contributed by atoms with Gasteiger partial charge >= 0.3 is 6.03 Å². The van der Waals surface area contributed by atoms with Gasteiger partial charge in [-0.15, -0.1) is 0 Å². The van der Waals surface area contributed by atoms with Crippen LogP contribution in [-0.4, -0.2) is 54.5 Å². The molecule has 0 spiro atoms. The molecule has 1 N–H and O–H groups in total. The fourth-order valence-electron chi connectivity index (χ4n) is 2.06. The molecular weight excluding hydrogens is 182 g/mol. The first kappa shape index (κ1) is 9.45. The van der Waals surface area contributed by atoms with Crippen LogP contribution >= 0.6 is 0 Å². The second-order valence-corrected chi connectivity index (χ2v) is 3.96. The second-order valence-electron chi connectivity index (χ2n) is 3.96. The molecule has 0 aromatic heterocycles. The topological polar surface area (TPSA) is 52.6 Å². The number of nitrogens with zero attached hydrogens (tertiary/aromatic N) is 2. The fourth-order valence-corrected chi connectivity index (χ4v) is 2.06. The van der Waals surface area contributed by atoms with Gasteiger partial charge in [0.25, 0.3) is 0 Å². The van der Waals surface area contributed by atoms with Crippen molar-refractivity contribution in [2.75, 3.05) is 26.7 Å². The maximum atomic E-state index is 11.4. The number of hydrogen-bond acceptors (Lipinski definition) is 3. The Morgan fingerprint density at radius 3 is 2.43 bits per heavy atom. The molecule has 0 aromatic carbocycles. The molecule has 0 atom stereocenters. The van der Waals surface area contributed by atoms with Crippen molar-refractivity contribution >= 4 is 11.9 Å². The van der Waals surface area contributed by atoms with E-state index in [1.807, 2.05) is 0 Å². The van der Waals surface area contributed by atoms with Crippen LogP contribution in [0.15, 0.2) is 0 Å². The van der Waals surface area contributed by atoms with Crippen LogP contribution in [0.1, 0.15) is 12.8 Å². The minimum atomic E-state index is -0.218. The number of piperidine rings is 1. The van der Waals surface area contributed by atoms with Gasteiger partial charge in [0.05, 0.1) is 6.54 Å². The Labute approximate surface area is 83.0 Å². The van der Waals surface area contributed by atoms with Crippen LogP contribution < -0.4 is 5.32 Å². The summed E-state index contributed by atoms with van der Waals surface area (Å²) in [5.41, 5.74) is 0. The van der Waals surface area contributed by atoms with E-state index < -0.39 is 0 Å². The van der Waals surface area contributed by atoms with Crippen molar-refractivity contribution in [2.24, 2.45) is 0 Å². The number of imide groups is 1. The molecule has 2 aliphatic rings. The summed E-state index contributed by atoms with van der Waals surface area (Å²) in [7, 11) is 2.06. The van der Waals surface area contributed by atoms with Gasteiger partial charge in [-0.3, -0.25) is 9.69 Å². The van der Waals surface area contributed by atoms with Gasteiger partial charge in [0.2, 0.25) is 5.91 Å². The lowest BCUT2D eigenvalue weighted by atomic mass is 10.0. The summed E-state index contributed by atoms with van der Waals surface area (Å²) in [4.78, 5) is 26.4. The van der Waals surface area contributed by atoms with E-state index >= 15 is 0 Å². The number of hydrogen-bond donors (Lipinski definition) is 1. The molecule has 2 aliphatic heterocycles. The largest absolute Gasteiger partial charge is 0.329 e. The third kappa shape index (κ3) is 1.59. The average molecular weight is 197 g/mol. The van der Waals surface area contributed by atoms with Crippen molar-refractivity contribution in [1.82, 2.24) is 15.1 Å². The molecule has 0 saturated carbocycles. The van der Waals surface area contributed by atoms with Gasteiger partial charge in [0.1, 0.15) is 0 Å². The molecule has 0 bridgehead atoms. The predicted molar refractivity (Wildman–Crippen MR) is 50.8 cm³/mol. The van der Waals surface area contributed by atoms with Crippen LogP contribution in [-0.2, 0) is 4.79 Å². The van der Waals surface area contributed by atoms with Crippen molar-refractivity contribution < 1.29 is 9.59 Å². The Bertz CT molecular complexity index is 243. The summed E-state index contributed by atoms with van der Waals surface area (Å²) in [6.07, 6.45) is 1.80. The van der Waals surface area contributed by atoms with Crippen LogP contribution in [0, 0.1) is 0 Å². The highest BCUT2D eigenvalue weighted by Crippen LogP contribution is 2.17. The zero-order valence-electron chi connectivity index (χ0n) is 8.32. The second kappa shape index (κ2) is 3.57. The Morgan fingerprint density at radius 2 is 1.93 bits per heavy atom. The maximum absolute atomic E-state index is 11.4. The summed E-state index contributed by atoms with van der Waals surface area (Å²) < 4.78 is 0. The zero-order chi connectivity index (χ0) is 10.1. The smallest absolute Gasteiger partial charge is 0.324 e. The first-order chi connectivity index (χ1) is 6.68. The van der Waals surface area contributed by atoms with Gasteiger partial charge in [-0.1, -0.05) is 0 Å². The molecule has 0 radical (unpaired) electrons. The molecule has 5 heteroatoms. The molecule has 0 aromatic rings. The predicted octanol–water partition coefficient (Wildman–Crippen LogP) is -0.368. The monoisotopic (exact) mass is 197 g/mol. The quantitative estimate of drug-likeness (QED) is 0.584. The Balaban J connectivity index is 2.00. The number of nitrogens with one attached hydrogen (secondary N) is 1. The molecule has 0 unspecified atom stereocenters. The SMILES string of the molecule is CN1CCC(N2C(=O)CNC2=O)CC1. The summed E-state index contributed by atoms with van der Waals surface area (Å²) in [6.45, 7) is 2.09. The number of rotatable bonds is 1. The minimum Gasteiger partial charge on any atom is -0.329 e. The Hall–Kier alpha value is -1.10. The van der Waals surface area contributed by atoms with Gasteiger partial charge in [-0.25, -0.2) is 4.79 Å². The minimum absolute atomic E-state index is 0.0791. The fraction of sp³-hybridized carbons (Fsp3) is 0.778. The standard InChI is InChI=1S/C9H15N3O2/c1-11-4-2-7(3-5-11)12-8(13)6-10-9(12)14/h7H,2-6H2,1H3,(H,10,14). The highest BCUT2D eigenvalue weighted by Gasteiger charge is 2.35. The van der Waals surface area contributed by atoms with Gasteiger partial charge < -0.3 is 10.2 Å². The van der Waals surface area contributed by atoms with Gasteiger partial charge in [-0.2, -0.15) is 0 Å². The van der Waals surface area contributed by atoms with Crippen molar-refractivity contribution in [2.45, 2.75) is 18.9 Å². The molecule has 78 valence electrons. The van der Waals surface area contributed by atoms with E-state index in [1.54, 1.807) is 0 Å². The lowest BCUT2D eigenvalue weighted by Crippen LogP contribution is -2.46. The average Bonchev–Trinajstić information content (AvgIpc) is 2.49. The summed E-state index contributed by atoms with van der Waals surface area (Å²) in [5, 5.41) is 2.55. The van der Waals surface area contributed by atoms with Gasteiger partial charge in [0, 0.05) is 6.04 Å². The first-order valence-electron chi connectivity index (χ1n) is 4.97. The summed E-state index contributed by atoms with van der Waals surface area (Å²) >= 11 is 0. The number of carbonyl (C=O) groups is 2. The first-order valence-corrected chi connectivity index (χ1v) is 4.97. The van der Waals surface area contributed by atoms with Crippen LogP contribution in [0.2, 0.25) is 0 Å². The van der Waals surface area contributed by atoms with E-state index in [0.717, 1.165) is 25.9 Å². The molecule has 2 fully saturated rings. The molecular formula is C9H15N3O2. The molecule has 2 heterocycles. The van der Waals surface area contributed by atoms with Crippen LogP contribution in [0.4, 0.5) is 4.79 Å². The number of urea groups is 1. The van der Waals surface area contributed by atoms with Crippen molar-refractivity contribution in [1.29, 1.82) is 0 Å². The van der Waals surface area contributed by atoms with Crippen molar-refractivity contribution in [3.8, 4) is 0 Å². The molecule has 0 aliphatic carbocycles. The normalized spacial score (nSPS) is 25.6. The zero-order valence-corrected chi connectivity index (χ0v) is 8.32. The van der Waals surface area contributed by atoms with Crippen molar-refractivity contribution in [3.05, 3.63) is 0 Å². The van der Waals surface area contributed by atoms with E-state index in [0.29, 0.717) is 0 Å². The van der Waals surface area contributed by atoms with Crippen LogP contribution in [0.25, 0.3) is 0 Å². The Morgan fingerprint density at radius 1 is 1.29 bits per heavy atom. The van der Waals surface area contributed by atoms with E-state index in [-0.39, 0.29) is 24.5 Å². The van der Waals surface area contributed by atoms with Gasteiger partial charge in [-0.05, 0) is 33.0 Å². The van der Waals surface area contributed by atoms with Crippen LogP contribution in [0.5, 0.6) is 0 Å². The summed E-state index contributed by atoms with van der Waals surface area (Å²) in [5.74, 6) is -0.0791. The van der Waals surface area contributed by atoms with E-state index in [1.165, 1.54) is 4.90 Å². The lowest BCUT2D eigenvalue weighted by molar-refractivity contribution is -0.127. The Kier molecular flexibility index (Phi) is 2.41. The third-order valence-electron chi connectivity index (χ3n) is 2.93. The highest BCUT2D eigenvalue weighted by atomic mass is 16.2. The molecule has 2 saturated heterocycles. The van der Waals surface area contributed by atoms with Gasteiger partial charge in [0.15, 0.2) is 0 Å². The lowest BCUT2D eigenvalue weighted by Gasteiger charge is -2.33.